The van der Waals surface area contributed by atoms with Crippen LogP contribution in [0.5, 0.6) is 0 Å². The van der Waals surface area contributed by atoms with Gasteiger partial charge in [-0.2, -0.15) is 4.31 Å². The van der Waals surface area contributed by atoms with Crippen LogP contribution in [0.2, 0.25) is 0 Å². The van der Waals surface area contributed by atoms with Gasteiger partial charge in [0, 0.05) is 29.2 Å². The number of nitrogens with one attached hydrogen (secondary N) is 1. The summed E-state index contributed by atoms with van der Waals surface area (Å²) in [6, 6.07) is 16.8. The Morgan fingerprint density at radius 1 is 0.946 bits per heavy atom. The van der Waals surface area contributed by atoms with Crippen molar-refractivity contribution >= 4 is 38.4 Å². The molecule has 1 N–H and O–H groups in total. The number of methoxy groups -OCH3 is 1. The Balaban J connectivity index is 0.00000320. The van der Waals surface area contributed by atoms with Crippen LogP contribution in [-0.2, 0) is 14.8 Å². The highest BCUT2D eigenvalue weighted by atomic mass is 32.2. The monoisotopic (exact) mass is 520 g/mol. The third-order valence-corrected chi connectivity index (χ3v) is 9.38. The zero-order valence-electron chi connectivity index (χ0n) is 21.0. The lowest BCUT2D eigenvalue weighted by Gasteiger charge is -2.33. The number of esters is 1. The molecule has 2 bridgehead atoms. The maximum Gasteiger partial charge on any atom is 0.337 e. The lowest BCUT2D eigenvalue weighted by atomic mass is 9.84. The Morgan fingerprint density at radius 2 is 1.68 bits per heavy atom. The predicted molar refractivity (Wildman–Crippen MR) is 144 cm³/mol. The molecule has 5 rings (SSSR count). The zero-order chi connectivity index (χ0) is 25.3. The van der Waals surface area contributed by atoms with Gasteiger partial charge < -0.3 is 10.1 Å². The van der Waals surface area contributed by atoms with Crippen LogP contribution in [0.25, 0.3) is 10.8 Å². The third-order valence-electron chi connectivity index (χ3n) is 7.43. The molecular formula is C29H32N2O5S. The quantitative estimate of drug-likeness (QED) is 0.445. The summed E-state index contributed by atoms with van der Waals surface area (Å²) in [6.45, 7) is 0.576. The lowest BCUT2D eigenvalue weighted by Crippen LogP contribution is -2.41. The van der Waals surface area contributed by atoms with E-state index in [1.54, 1.807) is 58.9 Å². The number of anilines is 1. The molecule has 1 saturated heterocycles. The summed E-state index contributed by atoms with van der Waals surface area (Å²) >= 11 is 0. The number of rotatable bonds is 5. The summed E-state index contributed by atoms with van der Waals surface area (Å²) in [4.78, 5) is 24.8. The molecule has 2 unspecified atom stereocenters. The normalized spacial score (nSPS) is 19.9. The standard InChI is InChI=1S/C28H30N2O5S.CH2/c1-35-28(32)21-12-10-20(11-13-21)27(31)29-26-9-3-7-22-18-24(14-15-25(22)26)36(33,34)30-16-4-6-19-5-2-8-23(30)17-19;/h3,7,9-15,18-19,23H,2,4-6,8,16-17H2,1H3,(H,29,31);1H2. The van der Waals surface area contributed by atoms with E-state index in [1.807, 2.05) is 6.07 Å². The van der Waals surface area contributed by atoms with E-state index in [0.29, 0.717) is 34.2 Å². The summed E-state index contributed by atoms with van der Waals surface area (Å²) in [5, 5.41) is 4.40. The fourth-order valence-corrected chi connectivity index (χ4v) is 7.30. The summed E-state index contributed by atoms with van der Waals surface area (Å²) in [5.74, 6) is -0.152. The van der Waals surface area contributed by atoms with E-state index in [2.05, 4.69) is 5.32 Å². The number of carbonyl (C=O) groups is 2. The number of ether oxygens (including phenoxy) is 1. The number of benzene rings is 3. The second-order valence-electron chi connectivity index (χ2n) is 9.66. The van der Waals surface area contributed by atoms with Crippen molar-refractivity contribution in [3.63, 3.8) is 0 Å². The SMILES string of the molecule is COC(=O)c1ccc(C(=O)Nc2cccc3cc(S(=O)(=O)N4CCCC5CCCC4C5)ccc23)cc1.[CH2]. The highest BCUT2D eigenvalue weighted by molar-refractivity contribution is 7.89. The van der Waals surface area contributed by atoms with Crippen molar-refractivity contribution in [3.05, 3.63) is 79.2 Å². The van der Waals surface area contributed by atoms with Crippen LogP contribution in [0.15, 0.2) is 65.6 Å². The first kappa shape index (κ1) is 26.8. The van der Waals surface area contributed by atoms with Gasteiger partial charge in [0.2, 0.25) is 10.0 Å². The molecule has 1 aliphatic carbocycles. The van der Waals surface area contributed by atoms with E-state index in [0.717, 1.165) is 42.9 Å². The minimum atomic E-state index is -3.61. The van der Waals surface area contributed by atoms with Gasteiger partial charge >= 0.3 is 5.97 Å². The number of fused-ring (bicyclic) bond motifs is 3. The van der Waals surface area contributed by atoms with Crippen LogP contribution in [0.4, 0.5) is 5.69 Å². The second kappa shape index (κ2) is 11.0. The number of carbonyl (C=O) groups excluding carboxylic acids is 2. The summed E-state index contributed by atoms with van der Waals surface area (Å²) in [5.41, 5.74) is 1.34. The molecule has 2 atom stereocenters. The van der Waals surface area contributed by atoms with Crippen molar-refractivity contribution in [1.29, 1.82) is 0 Å². The van der Waals surface area contributed by atoms with Crippen molar-refractivity contribution in [2.24, 2.45) is 5.92 Å². The number of hydrogen-bond donors (Lipinski definition) is 1. The molecule has 1 heterocycles. The molecule has 194 valence electrons. The predicted octanol–water partition coefficient (Wildman–Crippen LogP) is 5.55. The van der Waals surface area contributed by atoms with Crippen LogP contribution in [-0.4, -0.2) is 44.3 Å². The van der Waals surface area contributed by atoms with Crippen LogP contribution in [0.1, 0.15) is 59.2 Å². The first-order valence-corrected chi connectivity index (χ1v) is 13.8. The first-order valence-electron chi connectivity index (χ1n) is 12.4. The van der Waals surface area contributed by atoms with Gasteiger partial charge in [0.05, 0.1) is 17.6 Å². The highest BCUT2D eigenvalue weighted by Crippen LogP contribution is 2.37. The van der Waals surface area contributed by atoms with Crippen LogP contribution in [0, 0.1) is 13.3 Å². The first-order chi connectivity index (χ1) is 17.4. The fourth-order valence-electron chi connectivity index (χ4n) is 5.56. The van der Waals surface area contributed by atoms with E-state index in [1.165, 1.54) is 13.5 Å². The Morgan fingerprint density at radius 3 is 2.43 bits per heavy atom. The van der Waals surface area contributed by atoms with Gasteiger partial charge in [-0.25, -0.2) is 13.2 Å². The maximum atomic E-state index is 13.7. The van der Waals surface area contributed by atoms with Gasteiger partial charge in [-0.05, 0) is 79.5 Å². The zero-order valence-corrected chi connectivity index (χ0v) is 21.8. The molecule has 37 heavy (non-hydrogen) atoms. The molecule has 3 aromatic rings. The van der Waals surface area contributed by atoms with Crippen molar-refractivity contribution in [2.45, 2.75) is 49.5 Å². The van der Waals surface area contributed by atoms with E-state index in [-0.39, 0.29) is 19.4 Å². The average Bonchev–Trinajstić information content (AvgIpc) is 3.05. The van der Waals surface area contributed by atoms with Gasteiger partial charge in [0.25, 0.3) is 5.91 Å². The fraction of sp³-hybridized carbons (Fsp3) is 0.345. The smallest absolute Gasteiger partial charge is 0.337 e. The lowest BCUT2D eigenvalue weighted by molar-refractivity contribution is 0.0600. The van der Waals surface area contributed by atoms with Gasteiger partial charge in [-0.1, -0.05) is 38.5 Å². The molecule has 0 spiro atoms. The molecule has 3 aromatic carbocycles. The van der Waals surface area contributed by atoms with E-state index >= 15 is 0 Å². The Labute approximate surface area is 218 Å². The molecule has 1 aliphatic heterocycles. The Kier molecular flexibility index (Phi) is 7.99. The van der Waals surface area contributed by atoms with Crippen LogP contribution in [0.3, 0.4) is 0 Å². The minimum Gasteiger partial charge on any atom is -0.465 e. The maximum absolute atomic E-state index is 13.7. The Bertz CT molecular complexity index is 1400. The average molecular weight is 521 g/mol. The minimum absolute atomic E-state index is 0. The second-order valence-corrected chi connectivity index (χ2v) is 11.5. The molecule has 8 heteroatoms. The van der Waals surface area contributed by atoms with Crippen molar-refractivity contribution in [2.75, 3.05) is 19.0 Å². The van der Waals surface area contributed by atoms with Crippen LogP contribution >= 0.6 is 0 Å². The molecular weight excluding hydrogens is 488 g/mol. The summed E-state index contributed by atoms with van der Waals surface area (Å²) in [6.07, 6.45) is 6.21. The molecule has 0 aromatic heterocycles. The Hall–Kier alpha value is -3.23. The van der Waals surface area contributed by atoms with Crippen molar-refractivity contribution in [3.8, 4) is 0 Å². The molecule has 2 fully saturated rings. The van der Waals surface area contributed by atoms with Crippen molar-refractivity contribution < 1.29 is 22.7 Å². The molecule has 1 amide bonds. The topological polar surface area (TPSA) is 92.8 Å². The molecule has 2 aliphatic rings. The largest absolute Gasteiger partial charge is 0.465 e. The van der Waals surface area contributed by atoms with Crippen molar-refractivity contribution in [1.82, 2.24) is 4.31 Å². The number of sulfonamides is 1. The van der Waals surface area contributed by atoms with Gasteiger partial charge in [0.1, 0.15) is 0 Å². The molecule has 2 radical (unpaired) electrons. The molecule has 1 saturated carbocycles. The summed E-state index contributed by atoms with van der Waals surface area (Å²) in [7, 11) is -2.31. The number of amides is 1. The van der Waals surface area contributed by atoms with Gasteiger partial charge in [-0.3, -0.25) is 4.79 Å². The van der Waals surface area contributed by atoms with E-state index < -0.39 is 16.0 Å². The van der Waals surface area contributed by atoms with Gasteiger partial charge in [0.15, 0.2) is 0 Å². The third kappa shape index (κ3) is 5.40. The van der Waals surface area contributed by atoms with E-state index in [4.69, 9.17) is 4.74 Å². The summed E-state index contributed by atoms with van der Waals surface area (Å²) < 4.78 is 33.7. The van der Waals surface area contributed by atoms with E-state index in [9.17, 15) is 18.0 Å². The number of nitrogens with zero attached hydrogens (tertiary/aromatic N) is 1. The highest BCUT2D eigenvalue weighted by Gasteiger charge is 2.36. The molecule has 7 nitrogen and oxygen atoms in total. The number of hydrogen-bond acceptors (Lipinski definition) is 5. The van der Waals surface area contributed by atoms with Crippen LogP contribution < -0.4 is 5.32 Å². The van der Waals surface area contributed by atoms with Gasteiger partial charge in [-0.15, -0.1) is 0 Å².